The molecule has 0 unspecified atom stereocenters. The highest BCUT2D eigenvalue weighted by Gasteiger charge is 2.16. The minimum atomic E-state index is -0.504. The summed E-state index contributed by atoms with van der Waals surface area (Å²) < 4.78 is 0. The molecule has 7 nitrogen and oxygen atoms in total. The molecule has 1 aromatic heterocycles. The Morgan fingerprint density at radius 3 is 2.67 bits per heavy atom. The molecule has 0 aliphatic carbocycles. The molecule has 2 aromatic rings. The summed E-state index contributed by atoms with van der Waals surface area (Å²) in [6, 6.07) is 9.42. The van der Waals surface area contributed by atoms with E-state index in [4.69, 9.17) is 0 Å². The van der Waals surface area contributed by atoms with Gasteiger partial charge < -0.3 is 10.6 Å². The molecule has 2 rings (SSSR count). The maximum atomic E-state index is 12.1. The van der Waals surface area contributed by atoms with Crippen molar-refractivity contribution in [3.8, 4) is 0 Å². The third-order valence-corrected chi connectivity index (χ3v) is 2.85. The third kappa shape index (κ3) is 3.33. The molecule has 2 N–H and O–H groups in total. The molecule has 0 fully saturated rings. The van der Waals surface area contributed by atoms with Gasteiger partial charge in [-0.15, -0.1) is 0 Å². The number of aromatic nitrogens is 1. The molecule has 108 valence electrons. The summed E-state index contributed by atoms with van der Waals surface area (Å²) in [5, 5.41) is 16.2. The van der Waals surface area contributed by atoms with Crippen molar-refractivity contribution in [1.29, 1.82) is 0 Å². The van der Waals surface area contributed by atoms with Crippen molar-refractivity contribution in [3.63, 3.8) is 0 Å². The van der Waals surface area contributed by atoms with Gasteiger partial charge in [-0.25, -0.2) is 4.98 Å². The number of nitrogens with zero attached hydrogens (tertiary/aromatic N) is 2. The number of hydrogen-bond acceptors (Lipinski definition) is 5. The summed E-state index contributed by atoms with van der Waals surface area (Å²) >= 11 is 0. The average molecular weight is 286 g/mol. The van der Waals surface area contributed by atoms with E-state index in [2.05, 4.69) is 15.6 Å². The molecular formula is C14H14N4O3. The van der Waals surface area contributed by atoms with E-state index in [1.165, 1.54) is 18.2 Å². The van der Waals surface area contributed by atoms with Crippen molar-refractivity contribution in [2.45, 2.75) is 6.92 Å². The Morgan fingerprint density at radius 1 is 1.29 bits per heavy atom. The van der Waals surface area contributed by atoms with E-state index < -0.39 is 4.92 Å². The Bertz CT molecular complexity index is 700. The van der Waals surface area contributed by atoms with E-state index >= 15 is 0 Å². The molecule has 0 bridgehead atoms. The van der Waals surface area contributed by atoms with Gasteiger partial charge in [0, 0.05) is 24.4 Å². The molecule has 0 saturated heterocycles. The summed E-state index contributed by atoms with van der Waals surface area (Å²) in [7, 11) is 1.56. The number of aryl methyl sites for hydroxylation is 1. The number of carbonyl (C=O) groups is 1. The minimum Gasteiger partial charge on any atom is -0.383 e. The lowest BCUT2D eigenvalue weighted by molar-refractivity contribution is -0.383. The van der Waals surface area contributed by atoms with Gasteiger partial charge in [0.1, 0.15) is 11.5 Å². The second-order valence-electron chi connectivity index (χ2n) is 4.36. The number of hydrogen-bond donors (Lipinski definition) is 2. The van der Waals surface area contributed by atoms with Crippen LogP contribution >= 0.6 is 0 Å². The highest BCUT2D eigenvalue weighted by molar-refractivity contribution is 6.04. The van der Waals surface area contributed by atoms with E-state index in [-0.39, 0.29) is 17.3 Å². The fourth-order valence-corrected chi connectivity index (χ4v) is 1.84. The lowest BCUT2D eigenvalue weighted by Gasteiger charge is -2.07. The Labute approximate surface area is 121 Å². The minimum absolute atomic E-state index is 0.0808. The lowest BCUT2D eigenvalue weighted by atomic mass is 10.1. The second kappa shape index (κ2) is 6.00. The molecule has 1 aromatic carbocycles. The third-order valence-electron chi connectivity index (χ3n) is 2.85. The normalized spacial score (nSPS) is 10.0. The monoisotopic (exact) mass is 286 g/mol. The van der Waals surface area contributed by atoms with Gasteiger partial charge in [0.2, 0.25) is 0 Å². The largest absolute Gasteiger partial charge is 0.383 e. The molecule has 0 radical (unpaired) electrons. The molecule has 0 spiro atoms. The molecule has 7 heteroatoms. The Morgan fingerprint density at radius 2 is 2.05 bits per heavy atom. The van der Waals surface area contributed by atoms with Crippen LogP contribution in [0.15, 0.2) is 36.4 Å². The molecule has 0 aliphatic heterocycles. The summed E-state index contributed by atoms with van der Waals surface area (Å²) in [4.78, 5) is 26.6. The zero-order valence-electron chi connectivity index (χ0n) is 11.6. The first-order chi connectivity index (χ1) is 10.0. The van der Waals surface area contributed by atoms with Crippen LogP contribution in [0.3, 0.4) is 0 Å². The number of rotatable bonds is 4. The van der Waals surface area contributed by atoms with Crippen molar-refractivity contribution in [1.82, 2.24) is 4.98 Å². The van der Waals surface area contributed by atoms with E-state index in [1.54, 1.807) is 19.2 Å². The first-order valence-corrected chi connectivity index (χ1v) is 6.22. The second-order valence-corrected chi connectivity index (χ2v) is 4.36. The topological polar surface area (TPSA) is 97.2 Å². The predicted molar refractivity (Wildman–Crippen MR) is 79.6 cm³/mol. The highest BCUT2D eigenvalue weighted by Crippen LogP contribution is 2.25. The van der Waals surface area contributed by atoms with Gasteiger partial charge in [0.15, 0.2) is 0 Å². The van der Waals surface area contributed by atoms with E-state index in [1.807, 2.05) is 13.0 Å². The van der Waals surface area contributed by atoms with Crippen LogP contribution < -0.4 is 10.6 Å². The SMILES string of the molecule is CNc1cc(C(=O)Nc2cccc(C)n2)ccc1[N+](=O)[O-]. The Hall–Kier alpha value is -2.96. The van der Waals surface area contributed by atoms with Gasteiger partial charge in [0.25, 0.3) is 11.6 Å². The predicted octanol–water partition coefficient (Wildman–Crippen LogP) is 2.59. The van der Waals surface area contributed by atoms with Crippen LogP contribution in [-0.2, 0) is 0 Å². The first-order valence-electron chi connectivity index (χ1n) is 6.22. The zero-order valence-corrected chi connectivity index (χ0v) is 11.6. The van der Waals surface area contributed by atoms with Gasteiger partial charge in [-0.3, -0.25) is 14.9 Å². The number of amides is 1. The summed E-state index contributed by atoms with van der Waals surface area (Å²) in [5.41, 5.74) is 1.30. The fraction of sp³-hybridized carbons (Fsp3) is 0.143. The average Bonchev–Trinajstić information content (AvgIpc) is 2.46. The standard InChI is InChI=1S/C14H14N4O3/c1-9-4-3-5-13(16-9)17-14(19)10-6-7-12(18(20)21)11(8-10)15-2/h3-8,15H,1-2H3,(H,16,17,19). The number of benzene rings is 1. The van der Waals surface area contributed by atoms with Crippen molar-refractivity contribution < 1.29 is 9.72 Å². The summed E-state index contributed by atoms with van der Waals surface area (Å²) in [5.74, 6) is 0.0591. The van der Waals surface area contributed by atoms with Gasteiger partial charge in [-0.2, -0.15) is 0 Å². The van der Waals surface area contributed by atoms with Gasteiger partial charge in [-0.05, 0) is 31.2 Å². The van der Waals surface area contributed by atoms with E-state index in [0.29, 0.717) is 11.4 Å². The smallest absolute Gasteiger partial charge is 0.292 e. The quantitative estimate of drug-likeness (QED) is 0.665. The van der Waals surface area contributed by atoms with Crippen molar-refractivity contribution in [2.75, 3.05) is 17.7 Å². The number of anilines is 2. The van der Waals surface area contributed by atoms with Crippen LogP contribution in [0.2, 0.25) is 0 Å². The zero-order chi connectivity index (χ0) is 15.4. The van der Waals surface area contributed by atoms with Crippen molar-refractivity contribution in [3.05, 3.63) is 57.8 Å². The number of pyridine rings is 1. The van der Waals surface area contributed by atoms with E-state index in [0.717, 1.165) is 5.69 Å². The number of nitro groups is 1. The van der Waals surface area contributed by atoms with Crippen LogP contribution in [0.1, 0.15) is 16.1 Å². The molecule has 1 heterocycles. The molecular weight excluding hydrogens is 272 g/mol. The maximum absolute atomic E-state index is 12.1. The van der Waals surface area contributed by atoms with Gasteiger partial charge in [-0.1, -0.05) is 6.07 Å². The lowest BCUT2D eigenvalue weighted by Crippen LogP contribution is -2.13. The molecule has 21 heavy (non-hydrogen) atoms. The van der Waals surface area contributed by atoms with E-state index in [9.17, 15) is 14.9 Å². The molecule has 1 amide bonds. The van der Waals surface area contributed by atoms with Crippen molar-refractivity contribution >= 4 is 23.1 Å². The Kier molecular flexibility index (Phi) is 4.13. The van der Waals surface area contributed by atoms with Crippen LogP contribution in [0.4, 0.5) is 17.2 Å². The number of nitrogens with one attached hydrogen (secondary N) is 2. The Balaban J connectivity index is 2.25. The highest BCUT2D eigenvalue weighted by atomic mass is 16.6. The van der Waals surface area contributed by atoms with Crippen molar-refractivity contribution in [2.24, 2.45) is 0 Å². The van der Waals surface area contributed by atoms with Crippen LogP contribution in [0.5, 0.6) is 0 Å². The van der Waals surface area contributed by atoms with Crippen LogP contribution in [0.25, 0.3) is 0 Å². The molecule has 0 aliphatic rings. The fourth-order valence-electron chi connectivity index (χ4n) is 1.84. The van der Waals surface area contributed by atoms with Crippen LogP contribution in [-0.4, -0.2) is 22.9 Å². The van der Waals surface area contributed by atoms with Gasteiger partial charge in [0.05, 0.1) is 4.92 Å². The molecule has 0 saturated carbocycles. The first kappa shape index (κ1) is 14.4. The van der Waals surface area contributed by atoms with Crippen LogP contribution in [0, 0.1) is 17.0 Å². The molecule has 0 atom stereocenters. The number of nitro benzene ring substituents is 1. The maximum Gasteiger partial charge on any atom is 0.292 e. The summed E-state index contributed by atoms with van der Waals surface area (Å²) in [6.45, 7) is 1.82. The van der Waals surface area contributed by atoms with Gasteiger partial charge >= 0.3 is 0 Å². The summed E-state index contributed by atoms with van der Waals surface area (Å²) in [6.07, 6.45) is 0. The number of carbonyl (C=O) groups excluding carboxylic acids is 1.